The van der Waals surface area contributed by atoms with Crippen molar-refractivity contribution in [3.05, 3.63) is 12.2 Å². The summed E-state index contributed by atoms with van der Waals surface area (Å²) in [4.78, 5) is 10.8. The molecule has 1 nitrogen and oxygen atoms in total. The maximum Gasteiger partial charge on any atom is 0.202 e. The standard InChI is InChI=1S/C8H8F2O/c9-6-4-1-2-5(3-4)7(10)8(6)11/h1-2,4-7H,3H2. The number of Topliss-reactive ketones (excluding diaryl/α,β-unsaturated/α-hetero) is 1. The van der Waals surface area contributed by atoms with Gasteiger partial charge in [0.2, 0.25) is 5.78 Å². The summed E-state index contributed by atoms with van der Waals surface area (Å²) in [5.41, 5.74) is 0. The Labute approximate surface area is 63.1 Å². The number of carbonyl (C=O) groups excluding carboxylic acids is 1. The molecule has 0 N–H and O–H groups in total. The third-order valence-electron chi connectivity index (χ3n) is 2.45. The Kier molecular flexibility index (Phi) is 1.34. The van der Waals surface area contributed by atoms with Crippen LogP contribution in [-0.4, -0.2) is 18.1 Å². The molecule has 0 aromatic rings. The van der Waals surface area contributed by atoms with Gasteiger partial charge in [0.05, 0.1) is 0 Å². The molecule has 0 radical (unpaired) electrons. The van der Waals surface area contributed by atoms with Gasteiger partial charge in [0.15, 0.2) is 12.3 Å². The molecule has 2 aliphatic carbocycles. The van der Waals surface area contributed by atoms with Gasteiger partial charge in [-0.05, 0) is 6.42 Å². The molecule has 0 heterocycles. The topological polar surface area (TPSA) is 17.1 Å². The van der Waals surface area contributed by atoms with Crippen LogP contribution in [-0.2, 0) is 4.79 Å². The largest absolute Gasteiger partial charge is 0.293 e. The van der Waals surface area contributed by atoms with E-state index in [0.29, 0.717) is 6.42 Å². The van der Waals surface area contributed by atoms with E-state index in [1.807, 2.05) is 0 Å². The van der Waals surface area contributed by atoms with Gasteiger partial charge in [-0.15, -0.1) is 0 Å². The zero-order chi connectivity index (χ0) is 8.01. The SMILES string of the molecule is O=C1C(F)C2C=CC(C2)C1F. The zero-order valence-corrected chi connectivity index (χ0v) is 5.84. The van der Waals surface area contributed by atoms with E-state index in [4.69, 9.17) is 0 Å². The predicted molar refractivity (Wildman–Crippen MR) is 35.5 cm³/mol. The molecule has 0 saturated heterocycles. The Morgan fingerprint density at radius 3 is 2.09 bits per heavy atom. The van der Waals surface area contributed by atoms with Gasteiger partial charge in [-0.25, -0.2) is 8.78 Å². The van der Waals surface area contributed by atoms with Crippen LogP contribution in [0.1, 0.15) is 6.42 Å². The molecule has 0 aromatic heterocycles. The second-order valence-corrected chi connectivity index (χ2v) is 3.15. The van der Waals surface area contributed by atoms with E-state index in [-0.39, 0.29) is 11.8 Å². The minimum absolute atomic E-state index is 0.348. The number of ketones is 1. The van der Waals surface area contributed by atoms with Crippen molar-refractivity contribution in [2.75, 3.05) is 0 Å². The van der Waals surface area contributed by atoms with Crippen molar-refractivity contribution in [3.8, 4) is 0 Å². The normalized spacial score (nSPS) is 48.4. The lowest BCUT2D eigenvalue weighted by molar-refractivity contribution is -0.134. The second kappa shape index (κ2) is 2.13. The average molecular weight is 158 g/mol. The third-order valence-corrected chi connectivity index (χ3v) is 2.45. The monoisotopic (exact) mass is 158 g/mol. The third kappa shape index (κ3) is 0.832. The lowest BCUT2D eigenvalue weighted by atomic mass is 9.84. The summed E-state index contributed by atoms with van der Waals surface area (Å²) in [6.45, 7) is 0. The molecule has 3 heteroatoms. The van der Waals surface area contributed by atoms with Crippen LogP contribution in [0.4, 0.5) is 8.78 Å². The summed E-state index contributed by atoms with van der Waals surface area (Å²) in [5.74, 6) is -1.56. The first-order valence-corrected chi connectivity index (χ1v) is 3.70. The molecular formula is C8H8F2O. The van der Waals surface area contributed by atoms with Crippen LogP contribution in [0.15, 0.2) is 12.2 Å². The highest BCUT2D eigenvalue weighted by molar-refractivity contribution is 5.89. The molecule has 2 bridgehead atoms. The molecule has 60 valence electrons. The summed E-state index contributed by atoms with van der Waals surface area (Å²) in [6, 6.07) is 0. The Bertz CT molecular complexity index is 204. The van der Waals surface area contributed by atoms with Crippen molar-refractivity contribution in [2.24, 2.45) is 11.8 Å². The average Bonchev–Trinajstić information content (AvgIpc) is 2.44. The van der Waals surface area contributed by atoms with E-state index < -0.39 is 18.1 Å². The first-order valence-electron chi connectivity index (χ1n) is 3.70. The van der Waals surface area contributed by atoms with Gasteiger partial charge >= 0.3 is 0 Å². The lowest BCUT2D eigenvalue weighted by Gasteiger charge is -2.24. The number of halogens is 2. The number of carbonyl (C=O) groups is 1. The molecule has 0 aliphatic heterocycles. The van der Waals surface area contributed by atoms with Gasteiger partial charge < -0.3 is 0 Å². The number of allylic oxidation sites excluding steroid dienone is 2. The fourth-order valence-corrected chi connectivity index (χ4v) is 1.76. The van der Waals surface area contributed by atoms with Gasteiger partial charge in [-0.1, -0.05) is 12.2 Å². The van der Waals surface area contributed by atoms with E-state index in [0.717, 1.165) is 0 Å². The Morgan fingerprint density at radius 1 is 1.18 bits per heavy atom. The summed E-state index contributed by atoms with van der Waals surface area (Å²) in [5, 5.41) is 0. The first kappa shape index (κ1) is 6.95. The summed E-state index contributed by atoms with van der Waals surface area (Å²) < 4.78 is 25.8. The first-order chi connectivity index (χ1) is 5.20. The summed E-state index contributed by atoms with van der Waals surface area (Å²) >= 11 is 0. The molecule has 1 saturated carbocycles. The second-order valence-electron chi connectivity index (χ2n) is 3.15. The van der Waals surface area contributed by atoms with Gasteiger partial charge in [-0.3, -0.25) is 4.79 Å². The highest BCUT2D eigenvalue weighted by atomic mass is 19.1. The highest BCUT2D eigenvalue weighted by Crippen LogP contribution is 2.37. The maximum atomic E-state index is 12.9. The predicted octanol–water partition coefficient (Wildman–Crippen LogP) is 1.44. The van der Waals surface area contributed by atoms with Crippen LogP contribution in [0.2, 0.25) is 0 Å². The molecule has 0 amide bonds. The minimum atomic E-state index is -1.60. The van der Waals surface area contributed by atoms with Gasteiger partial charge in [0.25, 0.3) is 0 Å². The molecule has 2 aliphatic rings. The molecular weight excluding hydrogens is 150 g/mol. The smallest absolute Gasteiger partial charge is 0.202 e. The molecule has 0 aromatic carbocycles. The van der Waals surface area contributed by atoms with E-state index >= 15 is 0 Å². The molecule has 4 atom stereocenters. The van der Waals surface area contributed by atoms with Crippen molar-refractivity contribution in [3.63, 3.8) is 0 Å². The molecule has 1 fully saturated rings. The van der Waals surface area contributed by atoms with Crippen molar-refractivity contribution in [1.82, 2.24) is 0 Å². The van der Waals surface area contributed by atoms with Crippen LogP contribution in [0.3, 0.4) is 0 Å². The number of rotatable bonds is 0. The summed E-state index contributed by atoms with van der Waals surface area (Å²) in [6.07, 6.45) is 0.508. The van der Waals surface area contributed by atoms with Crippen LogP contribution in [0.5, 0.6) is 0 Å². The van der Waals surface area contributed by atoms with E-state index in [9.17, 15) is 13.6 Å². The maximum absolute atomic E-state index is 12.9. The molecule has 11 heavy (non-hydrogen) atoms. The van der Waals surface area contributed by atoms with E-state index in [2.05, 4.69) is 0 Å². The van der Waals surface area contributed by atoms with Crippen LogP contribution < -0.4 is 0 Å². The van der Waals surface area contributed by atoms with E-state index in [1.165, 1.54) is 0 Å². The highest BCUT2D eigenvalue weighted by Gasteiger charge is 2.45. The Hall–Kier alpha value is -0.730. The van der Waals surface area contributed by atoms with Gasteiger partial charge in [0.1, 0.15) is 0 Å². The lowest BCUT2D eigenvalue weighted by Crippen LogP contribution is -2.39. The number of hydrogen-bond acceptors (Lipinski definition) is 1. The van der Waals surface area contributed by atoms with Gasteiger partial charge in [0, 0.05) is 11.8 Å². The minimum Gasteiger partial charge on any atom is -0.293 e. The summed E-state index contributed by atoms with van der Waals surface area (Å²) in [7, 11) is 0. The number of alkyl halides is 2. The van der Waals surface area contributed by atoms with Gasteiger partial charge in [-0.2, -0.15) is 0 Å². The van der Waals surface area contributed by atoms with Crippen LogP contribution in [0.25, 0.3) is 0 Å². The molecule has 0 spiro atoms. The number of fused-ring (bicyclic) bond motifs is 2. The van der Waals surface area contributed by atoms with E-state index in [1.54, 1.807) is 12.2 Å². The quantitative estimate of drug-likeness (QED) is 0.487. The molecule has 4 unspecified atom stereocenters. The van der Waals surface area contributed by atoms with Crippen molar-refractivity contribution < 1.29 is 13.6 Å². The van der Waals surface area contributed by atoms with Crippen molar-refractivity contribution >= 4 is 5.78 Å². The Balaban J connectivity index is 2.29. The zero-order valence-electron chi connectivity index (χ0n) is 5.84. The van der Waals surface area contributed by atoms with Crippen molar-refractivity contribution in [1.29, 1.82) is 0 Å². The van der Waals surface area contributed by atoms with Crippen LogP contribution in [0, 0.1) is 11.8 Å². The van der Waals surface area contributed by atoms with Crippen LogP contribution >= 0.6 is 0 Å². The fraction of sp³-hybridized carbons (Fsp3) is 0.625. The Morgan fingerprint density at radius 2 is 1.64 bits per heavy atom. The van der Waals surface area contributed by atoms with Crippen molar-refractivity contribution in [2.45, 2.75) is 18.8 Å². The molecule has 2 rings (SSSR count). The number of hydrogen-bond donors (Lipinski definition) is 0. The fourth-order valence-electron chi connectivity index (χ4n) is 1.76.